The summed E-state index contributed by atoms with van der Waals surface area (Å²) in [5.41, 5.74) is 14.2. The molecule has 0 bridgehead atoms. The number of benzene rings is 6. The Bertz CT molecular complexity index is 2150. The summed E-state index contributed by atoms with van der Waals surface area (Å²) in [6, 6.07) is 54.3. The van der Waals surface area contributed by atoms with E-state index < -0.39 is 0 Å². The number of hydrogen-bond acceptors (Lipinski definition) is 2. The van der Waals surface area contributed by atoms with Crippen molar-refractivity contribution in [1.29, 1.82) is 0 Å². The monoisotopic (exact) mass is 646 g/mol. The first-order valence-electron chi connectivity index (χ1n) is 17.3. The lowest BCUT2D eigenvalue weighted by Gasteiger charge is -2.28. The fraction of sp³-hybridized carbons (Fsp3) is 0.0833. The zero-order valence-corrected chi connectivity index (χ0v) is 29.0. The van der Waals surface area contributed by atoms with Gasteiger partial charge < -0.3 is 9.80 Å². The van der Waals surface area contributed by atoms with Crippen LogP contribution in [0.2, 0.25) is 0 Å². The molecule has 1 aliphatic carbocycles. The van der Waals surface area contributed by atoms with Crippen molar-refractivity contribution in [3.05, 3.63) is 210 Å². The average molecular weight is 647 g/mol. The molecule has 0 atom stereocenters. The number of para-hydroxylation sites is 3. The summed E-state index contributed by atoms with van der Waals surface area (Å²) in [4.78, 5) is 4.59. The highest BCUT2D eigenvalue weighted by Crippen LogP contribution is 2.51. The van der Waals surface area contributed by atoms with Gasteiger partial charge in [-0.15, -0.1) is 0 Å². The lowest BCUT2D eigenvalue weighted by atomic mass is 9.81. The Morgan fingerprint density at radius 1 is 0.540 bits per heavy atom. The van der Waals surface area contributed by atoms with Crippen molar-refractivity contribution in [2.24, 2.45) is 0 Å². The molecule has 0 fully saturated rings. The predicted molar refractivity (Wildman–Crippen MR) is 216 cm³/mol. The Balaban J connectivity index is 1.17. The Morgan fingerprint density at radius 3 is 1.60 bits per heavy atom. The van der Waals surface area contributed by atoms with Gasteiger partial charge in [0.25, 0.3) is 0 Å². The van der Waals surface area contributed by atoms with E-state index in [-0.39, 0.29) is 5.41 Å². The second-order valence-corrected chi connectivity index (χ2v) is 13.1. The highest BCUT2D eigenvalue weighted by molar-refractivity contribution is 5.87. The molecular formula is C48H42N2. The molecule has 0 amide bonds. The molecule has 0 unspecified atom stereocenters. The fourth-order valence-corrected chi connectivity index (χ4v) is 7.03. The first-order valence-corrected chi connectivity index (χ1v) is 17.3. The van der Waals surface area contributed by atoms with E-state index in [4.69, 9.17) is 0 Å². The lowest BCUT2D eigenvalue weighted by Crippen LogP contribution is -2.16. The van der Waals surface area contributed by atoms with Crippen LogP contribution in [0.4, 0.5) is 28.4 Å². The summed E-state index contributed by atoms with van der Waals surface area (Å²) in [6.07, 6.45) is 12.5. The molecule has 0 N–H and O–H groups in total. The smallest absolute Gasteiger partial charge is 0.0465 e. The van der Waals surface area contributed by atoms with Gasteiger partial charge >= 0.3 is 0 Å². The van der Waals surface area contributed by atoms with Crippen LogP contribution in [0.15, 0.2) is 188 Å². The van der Waals surface area contributed by atoms with E-state index in [1.807, 2.05) is 25.1 Å². The SMILES string of the molecule is C=CC=C(C=CC)N(c1ccccc1)c1ccc(C=Cc2ccc3c(c2)C(C)(C)c2cc(N(c4ccccc4)c4ccccc4)ccc2-3)cc1. The van der Waals surface area contributed by atoms with Gasteiger partial charge in [0.1, 0.15) is 0 Å². The molecule has 50 heavy (non-hydrogen) atoms. The largest absolute Gasteiger partial charge is 0.311 e. The molecule has 244 valence electrons. The van der Waals surface area contributed by atoms with Gasteiger partial charge in [-0.05, 0) is 113 Å². The van der Waals surface area contributed by atoms with Gasteiger partial charge in [0, 0.05) is 39.5 Å². The van der Waals surface area contributed by atoms with E-state index in [0.29, 0.717) is 0 Å². The summed E-state index contributed by atoms with van der Waals surface area (Å²) in [7, 11) is 0. The molecular weight excluding hydrogens is 605 g/mol. The van der Waals surface area contributed by atoms with Crippen molar-refractivity contribution in [3.63, 3.8) is 0 Å². The third-order valence-corrected chi connectivity index (χ3v) is 9.49. The van der Waals surface area contributed by atoms with Crippen LogP contribution in [-0.2, 0) is 5.41 Å². The normalized spacial score (nSPS) is 13.3. The number of rotatable bonds is 10. The topological polar surface area (TPSA) is 6.48 Å². The van der Waals surface area contributed by atoms with Crippen molar-refractivity contribution in [2.75, 3.05) is 9.80 Å². The fourth-order valence-electron chi connectivity index (χ4n) is 7.03. The maximum absolute atomic E-state index is 3.95. The molecule has 0 heterocycles. The molecule has 0 radical (unpaired) electrons. The van der Waals surface area contributed by atoms with Gasteiger partial charge in [0.2, 0.25) is 0 Å². The van der Waals surface area contributed by atoms with Crippen LogP contribution < -0.4 is 9.80 Å². The van der Waals surface area contributed by atoms with Crippen molar-refractivity contribution < 1.29 is 0 Å². The van der Waals surface area contributed by atoms with Crippen LogP contribution in [0, 0.1) is 0 Å². The minimum absolute atomic E-state index is 0.143. The van der Waals surface area contributed by atoms with E-state index in [9.17, 15) is 0 Å². The van der Waals surface area contributed by atoms with E-state index >= 15 is 0 Å². The van der Waals surface area contributed by atoms with E-state index in [1.54, 1.807) is 0 Å². The molecule has 7 rings (SSSR count). The van der Waals surface area contributed by atoms with Gasteiger partial charge in [-0.25, -0.2) is 0 Å². The summed E-state index contributed by atoms with van der Waals surface area (Å²) < 4.78 is 0. The zero-order chi connectivity index (χ0) is 34.5. The van der Waals surface area contributed by atoms with E-state index in [0.717, 1.165) is 39.7 Å². The van der Waals surface area contributed by atoms with Crippen LogP contribution >= 0.6 is 0 Å². The molecule has 0 saturated carbocycles. The summed E-state index contributed by atoms with van der Waals surface area (Å²) in [6.45, 7) is 10.7. The van der Waals surface area contributed by atoms with Gasteiger partial charge in [-0.2, -0.15) is 0 Å². The number of fused-ring (bicyclic) bond motifs is 3. The number of anilines is 5. The lowest BCUT2D eigenvalue weighted by molar-refractivity contribution is 0.660. The minimum atomic E-state index is -0.143. The summed E-state index contributed by atoms with van der Waals surface area (Å²) >= 11 is 0. The van der Waals surface area contributed by atoms with Crippen LogP contribution in [-0.4, -0.2) is 0 Å². The van der Waals surface area contributed by atoms with Gasteiger partial charge in [-0.3, -0.25) is 0 Å². The van der Waals surface area contributed by atoms with E-state index in [1.165, 1.54) is 27.8 Å². The standard InChI is InChI=1S/C48H42N2/c1-5-16-38(17-6-2)49(39-18-10-7-11-19-39)42-29-26-36(27-30-42)24-25-37-28-32-44-45-33-31-43(35-47(45)48(3,4)46(44)34-37)50(40-20-12-8-13-21-40)41-22-14-9-15-23-41/h5-35H,1H2,2-4H3. The van der Waals surface area contributed by atoms with Crippen molar-refractivity contribution in [2.45, 2.75) is 26.2 Å². The first kappa shape index (κ1) is 32.4. The second kappa shape index (κ2) is 14.2. The van der Waals surface area contributed by atoms with E-state index in [2.05, 4.69) is 200 Å². The zero-order valence-electron chi connectivity index (χ0n) is 29.0. The van der Waals surface area contributed by atoms with Crippen molar-refractivity contribution in [3.8, 4) is 11.1 Å². The quantitative estimate of drug-likeness (QED) is 0.108. The summed E-state index contributed by atoms with van der Waals surface area (Å²) in [5.74, 6) is 0. The second-order valence-electron chi connectivity index (χ2n) is 13.1. The number of allylic oxidation sites excluding steroid dienone is 4. The maximum Gasteiger partial charge on any atom is 0.0465 e. The third-order valence-electron chi connectivity index (χ3n) is 9.49. The van der Waals surface area contributed by atoms with Gasteiger partial charge in [0.05, 0.1) is 0 Å². The molecule has 6 aromatic carbocycles. The van der Waals surface area contributed by atoms with Crippen LogP contribution in [0.5, 0.6) is 0 Å². The molecule has 0 spiro atoms. The Hall–Kier alpha value is -6.12. The highest BCUT2D eigenvalue weighted by atomic mass is 15.1. The predicted octanol–water partition coefficient (Wildman–Crippen LogP) is 13.4. The van der Waals surface area contributed by atoms with Gasteiger partial charge in [0.15, 0.2) is 0 Å². The number of hydrogen-bond donors (Lipinski definition) is 0. The van der Waals surface area contributed by atoms with Gasteiger partial charge in [-0.1, -0.05) is 136 Å². The Labute approximate surface area is 297 Å². The number of nitrogens with zero attached hydrogens (tertiary/aromatic N) is 2. The van der Waals surface area contributed by atoms with Crippen LogP contribution in [0.3, 0.4) is 0 Å². The molecule has 6 aromatic rings. The minimum Gasteiger partial charge on any atom is -0.311 e. The van der Waals surface area contributed by atoms with Crippen molar-refractivity contribution >= 4 is 40.6 Å². The molecule has 0 aromatic heterocycles. The molecule has 2 heteroatoms. The maximum atomic E-state index is 3.95. The average Bonchev–Trinajstić information content (AvgIpc) is 3.38. The third kappa shape index (κ3) is 6.36. The molecule has 2 nitrogen and oxygen atoms in total. The molecule has 0 saturated heterocycles. The Morgan fingerprint density at radius 2 is 1.02 bits per heavy atom. The molecule has 1 aliphatic rings. The van der Waals surface area contributed by atoms with Crippen LogP contribution in [0.1, 0.15) is 43.0 Å². The highest BCUT2D eigenvalue weighted by Gasteiger charge is 2.36. The first-order chi connectivity index (χ1) is 24.5. The summed E-state index contributed by atoms with van der Waals surface area (Å²) in [5, 5.41) is 0. The van der Waals surface area contributed by atoms with Crippen LogP contribution in [0.25, 0.3) is 23.3 Å². The molecule has 0 aliphatic heterocycles. The Kier molecular flexibility index (Phi) is 9.18. The van der Waals surface area contributed by atoms with Crippen molar-refractivity contribution in [1.82, 2.24) is 0 Å².